The van der Waals surface area contributed by atoms with Crippen molar-refractivity contribution in [1.29, 1.82) is 5.26 Å². The Morgan fingerprint density at radius 3 is 2.71 bits per heavy atom. The highest BCUT2D eigenvalue weighted by molar-refractivity contribution is 8.01. The maximum absolute atomic E-state index is 12.9. The topological polar surface area (TPSA) is 81.9 Å². The van der Waals surface area contributed by atoms with E-state index in [2.05, 4.69) is 33.7 Å². The fourth-order valence-electron chi connectivity index (χ4n) is 2.95. The van der Waals surface area contributed by atoms with Crippen molar-refractivity contribution in [3.8, 4) is 6.07 Å². The molecule has 3 rings (SSSR count). The lowest BCUT2D eigenvalue weighted by Crippen LogP contribution is -2.33. The molecule has 0 aliphatic carbocycles. The summed E-state index contributed by atoms with van der Waals surface area (Å²) in [5.74, 6) is 0.203. The maximum atomic E-state index is 12.9. The number of benzene rings is 2. The molecule has 160 valence electrons. The van der Waals surface area contributed by atoms with Gasteiger partial charge in [0, 0.05) is 18.8 Å². The van der Waals surface area contributed by atoms with Gasteiger partial charge in [0.05, 0.1) is 18.2 Å². The second-order valence-corrected chi connectivity index (χ2v) is 9.25. The molecule has 1 N–H and O–H groups in total. The Kier molecular flexibility index (Phi) is 8.44. The number of nitrogens with zero attached hydrogens (tertiary/aromatic N) is 4. The van der Waals surface area contributed by atoms with E-state index in [0.29, 0.717) is 6.54 Å². The number of amides is 1. The minimum atomic E-state index is -0.0442. The smallest absolute Gasteiger partial charge is 0.237 e. The first kappa shape index (κ1) is 22.8. The minimum Gasteiger partial charge on any atom is -0.360 e. The lowest BCUT2D eigenvalue weighted by Gasteiger charge is -2.22. The molecule has 0 aliphatic rings. The highest BCUT2D eigenvalue weighted by Crippen LogP contribution is 2.27. The number of aryl methyl sites for hydroxylation is 2. The lowest BCUT2D eigenvalue weighted by molar-refractivity contribution is -0.116. The lowest BCUT2D eigenvalue weighted by atomic mass is 10.1. The summed E-state index contributed by atoms with van der Waals surface area (Å²) in [4.78, 5) is 14.6. The van der Waals surface area contributed by atoms with Gasteiger partial charge in [0.25, 0.3) is 0 Å². The van der Waals surface area contributed by atoms with E-state index in [0.717, 1.165) is 33.7 Å². The van der Waals surface area contributed by atoms with Crippen LogP contribution in [0.3, 0.4) is 0 Å². The molecule has 0 aliphatic heterocycles. The number of nitriles is 1. The third-order valence-corrected chi connectivity index (χ3v) is 6.81. The minimum absolute atomic E-state index is 0.0442. The van der Waals surface area contributed by atoms with E-state index in [1.807, 2.05) is 50.2 Å². The third kappa shape index (κ3) is 6.81. The van der Waals surface area contributed by atoms with Crippen LogP contribution < -0.4 is 10.2 Å². The second-order valence-electron chi connectivity index (χ2n) is 7.05. The predicted octanol–water partition coefficient (Wildman–Crippen LogP) is 4.85. The van der Waals surface area contributed by atoms with Crippen LogP contribution in [0.15, 0.2) is 52.9 Å². The van der Waals surface area contributed by atoms with Gasteiger partial charge in [0.2, 0.25) is 11.0 Å². The molecule has 1 amide bonds. The van der Waals surface area contributed by atoms with Crippen LogP contribution in [0.1, 0.15) is 23.1 Å². The van der Waals surface area contributed by atoms with Crippen molar-refractivity contribution in [2.75, 3.05) is 29.1 Å². The Morgan fingerprint density at radius 1 is 1.16 bits per heavy atom. The molecule has 31 heavy (non-hydrogen) atoms. The molecule has 6 nitrogen and oxygen atoms in total. The quantitative estimate of drug-likeness (QED) is 0.444. The van der Waals surface area contributed by atoms with Gasteiger partial charge in [0.15, 0.2) is 4.34 Å². The highest BCUT2D eigenvalue weighted by Gasteiger charge is 2.17. The molecular formula is C23H25N5OS2. The second kappa shape index (κ2) is 11.5. The summed E-state index contributed by atoms with van der Waals surface area (Å²) in [6.07, 6.45) is 1.20. The van der Waals surface area contributed by atoms with E-state index in [1.165, 1.54) is 34.2 Å². The number of anilines is 2. The molecular weight excluding hydrogens is 426 g/mol. The number of hydrogen-bond acceptors (Lipinski definition) is 7. The fraction of sp³-hybridized carbons (Fsp3) is 0.304. The van der Waals surface area contributed by atoms with Crippen molar-refractivity contribution in [3.63, 3.8) is 0 Å². The molecule has 0 fully saturated rings. The van der Waals surface area contributed by atoms with Crippen LogP contribution >= 0.6 is 23.1 Å². The highest BCUT2D eigenvalue weighted by atomic mass is 32.2. The number of carbonyl (C=O) groups excluding carboxylic acids is 1. The van der Waals surface area contributed by atoms with Crippen LogP contribution in [-0.4, -0.2) is 34.9 Å². The van der Waals surface area contributed by atoms with E-state index >= 15 is 0 Å². The van der Waals surface area contributed by atoms with Crippen LogP contribution in [0.2, 0.25) is 0 Å². The SMILES string of the molecule is Cc1ccc(N(CCC#N)C(=O)CSc2nnc(NCCc3ccccc3)s2)cc1C. The van der Waals surface area contributed by atoms with Gasteiger partial charge in [-0.25, -0.2) is 0 Å². The van der Waals surface area contributed by atoms with E-state index in [1.54, 1.807) is 4.90 Å². The molecule has 3 aromatic rings. The van der Waals surface area contributed by atoms with E-state index in [-0.39, 0.29) is 18.1 Å². The van der Waals surface area contributed by atoms with Crippen LogP contribution in [0.5, 0.6) is 0 Å². The van der Waals surface area contributed by atoms with Crippen LogP contribution in [0.4, 0.5) is 10.8 Å². The van der Waals surface area contributed by atoms with Crippen LogP contribution in [0, 0.1) is 25.2 Å². The number of carbonyl (C=O) groups is 1. The van der Waals surface area contributed by atoms with E-state index < -0.39 is 0 Å². The first-order valence-corrected chi connectivity index (χ1v) is 11.9. The van der Waals surface area contributed by atoms with Crippen LogP contribution in [-0.2, 0) is 11.2 Å². The van der Waals surface area contributed by atoms with Crippen molar-refractivity contribution < 1.29 is 4.79 Å². The Morgan fingerprint density at radius 2 is 1.97 bits per heavy atom. The largest absolute Gasteiger partial charge is 0.360 e. The Bertz CT molecular complexity index is 1050. The third-order valence-electron chi connectivity index (χ3n) is 4.81. The molecule has 0 spiro atoms. The normalized spacial score (nSPS) is 10.5. The number of rotatable bonds is 10. The van der Waals surface area contributed by atoms with Gasteiger partial charge in [-0.3, -0.25) is 4.79 Å². The van der Waals surface area contributed by atoms with Gasteiger partial charge in [-0.1, -0.05) is 59.5 Å². The van der Waals surface area contributed by atoms with Crippen molar-refractivity contribution in [3.05, 3.63) is 65.2 Å². The van der Waals surface area contributed by atoms with Crippen molar-refractivity contribution in [2.45, 2.75) is 31.0 Å². The zero-order valence-electron chi connectivity index (χ0n) is 17.7. The molecule has 0 saturated heterocycles. The average Bonchev–Trinajstić information content (AvgIpc) is 3.23. The average molecular weight is 452 g/mol. The van der Waals surface area contributed by atoms with Gasteiger partial charge in [-0.2, -0.15) is 5.26 Å². The first-order chi connectivity index (χ1) is 15.1. The van der Waals surface area contributed by atoms with Gasteiger partial charge < -0.3 is 10.2 Å². The molecule has 0 saturated carbocycles. The summed E-state index contributed by atoms with van der Waals surface area (Å²) in [5.41, 5.74) is 4.38. The Balaban J connectivity index is 1.54. The number of thioether (sulfide) groups is 1. The number of aromatic nitrogens is 2. The van der Waals surface area contributed by atoms with Crippen molar-refractivity contribution >= 4 is 39.8 Å². The number of nitrogens with one attached hydrogen (secondary N) is 1. The summed E-state index contributed by atoms with van der Waals surface area (Å²) in [7, 11) is 0. The Hall–Kier alpha value is -2.89. The monoisotopic (exact) mass is 451 g/mol. The molecule has 1 aromatic heterocycles. The molecule has 0 unspecified atom stereocenters. The summed E-state index contributed by atoms with van der Waals surface area (Å²) in [5, 5.41) is 21.4. The fourth-order valence-corrected chi connectivity index (χ4v) is 4.61. The molecule has 0 bridgehead atoms. The summed E-state index contributed by atoms with van der Waals surface area (Å²) in [6, 6.07) is 18.3. The molecule has 0 atom stereocenters. The summed E-state index contributed by atoms with van der Waals surface area (Å²) >= 11 is 2.82. The number of hydrogen-bond donors (Lipinski definition) is 1. The zero-order valence-corrected chi connectivity index (χ0v) is 19.3. The molecule has 8 heteroatoms. The Labute approximate surface area is 191 Å². The van der Waals surface area contributed by atoms with Gasteiger partial charge in [-0.15, -0.1) is 10.2 Å². The van der Waals surface area contributed by atoms with Gasteiger partial charge in [0.1, 0.15) is 0 Å². The standard InChI is InChI=1S/C23H25N5OS2/c1-17-9-10-20(15-18(17)2)28(14-6-12-24)21(29)16-30-23-27-26-22(31-23)25-13-11-19-7-4-3-5-8-19/h3-5,7-10,15H,6,11,13-14,16H2,1-2H3,(H,25,26). The maximum Gasteiger partial charge on any atom is 0.237 e. The molecule has 1 heterocycles. The summed E-state index contributed by atoms with van der Waals surface area (Å²) in [6.45, 7) is 5.21. The van der Waals surface area contributed by atoms with Gasteiger partial charge in [-0.05, 0) is 49.1 Å². The predicted molar refractivity (Wildman–Crippen MR) is 128 cm³/mol. The zero-order chi connectivity index (χ0) is 22.1. The van der Waals surface area contributed by atoms with Crippen molar-refractivity contribution in [2.24, 2.45) is 0 Å². The van der Waals surface area contributed by atoms with Crippen molar-refractivity contribution in [1.82, 2.24) is 10.2 Å². The van der Waals surface area contributed by atoms with Crippen LogP contribution in [0.25, 0.3) is 0 Å². The molecule has 0 radical (unpaired) electrons. The van der Waals surface area contributed by atoms with Gasteiger partial charge >= 0.3 is 0 Å². The van der Waals surface area contributed by atoms with E-state index in [9.17, 15) is 4.79 Å². The summed E-state index contributed by atoms with van der Waals surface area (Å²) < 4.78 is 0.746. The first-order valence-electron chi connectivity index (χ1n) is 10.1. The molecule has 2 aromatic carbocycles. The van der Waals surface area contributed by atoms with E-state index in [4.69, 9.17) is 5.26 Å².